The molecule has 0 fully saturated rings. The van der Waals surface area contributed by atoms with E-state index in [4.69, 9.17) is 9.47 Å². The van der Waals surface area contributed by atoms with Gasteiger partial charge in [-0.05, 0) is 158 Å². The number of aryl methyl sites for hydroxylation is 1. The monoisotopic (exact) mass is 771 g/mol. The van der Waals surface area contributed by atoms with Gasteiger partial charge in [0, 0.05) is 11.5 Å². The lowest BCUT2D eigenvalue weighted by Gasteiger charge is -2.52. The van der Waals surface area contributed by atoms with Crippen LogP contribution in [0.3, 0.4) is 0 Å². The molecule has 7 nitrogen and oxygen atoms in total. The fourth-order valence-corrected chi connectivity index (χ4v) is 14.9. The SMILES string of the molecule is COC(=O)C1(C(=O)OC)c2ccccc2N(S(=O)(=O)c2ccc(C)cc2)C2c3cc4c5c6c(cc7ccc8cc9c%10c%11c(cc(c%12c3c5c(c%12%11)c3c6c7c8c%103)C21)C9)C4. The quantitative estimate of drug-likeness (QED) is 0.101. The first-order valence-corrected chi connectivity index (χ1v) is 21.3. The number of carbonyl (C=O) groups excluding carboxylic acids is 2. The van der Waals surface area contributed by atoms with E-state index in [0.717, 1.165) is 44.0 Å². The minimum absolute atomic E-state index is 0.131. The van der Waals surface area contributed by atoms with Gasteiger partial charge in [-0.2, -0.15) is 0 Å². The fourth-order valence-electron chi connectivity index (χ4n) is 13.3. The van der Waals surface area contributed by atoms with Gasteiger partial charge in [0.1, 0.15) is 0 Å². The Labute approximate surface area is 330 Å². The van der Waals surface area contributed by atoms with E-state index >= 15 is 18.0 Å². The molecule has 15 rings (SSSR count). The first-order valence-electron chi connectivity index (χ1n) is 19.8. The molecule has 11 aromatic carbocycles. The fraction of sp³-hybridized carbons (Fsp3) is 0.160. The number of fused-ring (bicyclic) bond motifs is 4. The molecule has 3 aliphatic carbocycles. The van der Waals surface area contributed by atoms with Crippen LogP contribution in [-0.2, 0) is 47.3 Å². The van der Waals surface area contributed by atoms with Crippen molar-refractivity contribution in [2.75, 3.05) is 18.5 Å². The first kappa shape index (κ1) is 30.6. The van der Waals surface area contributed by atoms with Gasteiger partial charge in [0.2, 0.25) is 5.41 Å². The smallest absolute Gasteiger partial charge is 0.328 e. The Hall–Kier alpha value is -6.51. The lowest BCUT2D eigenvalue weighted by atomic mass is 9.58. The molecule has 0 saturated carbocycles. The Morgan fingerprint density at radius 1 is 0.586 bits per heavy atom. The van der Waals surface area contributed by atoms with Gasteiger partial charge in [-0.1, -0.05) is 72.3 Å². The Morgan fingerprint density at radius 2 is 1.07 bits per heavy atom. The molecule has 2 atom stereocenters. The van der Waals surface area contributed by atoms with Crippen molar-refractivity contribution in [3.8, 4) is 0 Å². The highest BCUT2D eigenvalue weighted by Crippen LogP contribution is 2.69. The Balaban J connectivity index is 1.22. The Kier molecular flexibility index (Phi) is 4.81. The third kappa shape index (κ3) is 2.81. The molecule has 2 unspecified atom stereocenters. The van der Waals surface area contributed by atoms with E-state index in [9.17, 15) is 0 Å². The molecule has 0 aromatic heterocycles. The van der Waals surface area contributed by atoms with E-state index < -0.39 is 39.3 Å². The van der Waals surface area contributed by atoms with Gasteiger partial charge in [-0.3, -0.25) is 13.9 Å². The molecule has 1 heterocycles. The molecular formula is C50H29NO6S. The van der Waals surface area contributed by atoms with Crippen LogP contribution in [0.25, 0.3) is 86.2 Å². The minimum atomic E-state index is -4.33. The number of hydrogen-bond donors (Lipinski definition) is 0. The van der Waals surface area contributed by atoms with Crippen molar-refractivity contribution < 1.29 is 27.5 Å². The van der Waals surface area contributed by atoms with Crippen molar-refractivity contribution in [1.29, 1.82) is 0 Å². The average Bonchev–Trinajstić information content (AvgIpc) is 3.99. The van der Waals surface area contributed by atoms with Crippen LogP contribution in [0, 0.1) is 6.92 Å². The first-order chi connectivity index (χ1) is 28.2. The number of benzene rings is 9. The van der Waals surface area contributed by atoms with Crippen LogP contribution in [0.15, 0.2) is 89.8 Å². The molecule has 276 valence electrons. The molecule has 0 amide bonds. The van der Waals surface area contributed by atoms with E-state index in [1.807, 2.05) is 6.92 Å². The maximum absolute atomic E-state index is 15.6. The van der Waals surface area contributed by atoms with Crippen LogP contribution in [0.1, 0.15) is 56.5 Å². The number of para-hydroxylation sites is 1. The summed E-state index contributed by atoms with van der Waals surface area (Å²) in [6.45, 7) is 1.93. The summed E-state index contributed by atoms with van der Waals surface area (Å²) in [5.41, 5.74) is 5.79. The second kappa shape index (κ2) is 9.11. The summed E-state index contributed by atoms with van der Waals surface area (Å²) in [5.74, 6) is -2.60. The maximum Gasteiger partial charge on any atom is 0.328 e. The minimum Gasteiger partial charge on any atom is -0.468 e. The molecule has 1 aliphatic heterocycles. The van der Waals surface area contributed by atoms with Crippen LogP contribution >= 0.6 is 0 Å². The van der Waals surface area contributed by atoms with Crippen LogP contribution in [0.2, 0.25) is 0 Å². The Bertz CT molecular complexity index is 3850. The van der Waals surface area contributed by atoms with Crippen LogP contribution in [-0.4, -0.2) is 34.6 Å². The standard InChI is InChI=1S/C50H29NO6S/c1-20-8-12-27(13-9-20)58(54,55)51-31-7-5-4-6-30(31)50(48(52)56-2,49(53)57-3)46-28-18-25-16-23-14-21-10-11-22-15-24-17-26-19-29(47(46)51)39-38(28)42-36(25)34(23)40-32(21)33(22)41-35(24)37(26)43(39)45(42)44(40)41/h4-15,18-19,46-47H,16-17H2,1-3H3. The van der Waals surface area contributed by atoms with Crippen LogP contribution in [0.4, 0.5) is 5.69 Å². The van der Waals surface area contributed by atoms with Gasteiger partial charge >= 0.3 is 11.9 Å². The number of carbonyl (C=O) groups is 2. The largest absolute Gasteiger partial charge is 0.468 e. The summed E-state index contributed by atoms with van der Waals surface area (Å²) < 4.78 is 44.2. The maximum atomic E-state index is 15.6. The molecular weight excluding hydrogens is 743 g/mol. The van der Waals surface area contributed by atoms with Gasteiger partial charge in [0.15, 0.2) is 0 Å². The second-order valence-corrected chi connectivity index (χ2v) is 19.1. The number of anilines is 1. The molecule has 0 saturated heterocycles. The number of nitrogens with zero attached hydrogens (tertiary/aromatic N) is 1. The molecule has 58 heavy (non-hydrogen) atoms. The number of sulfonamides is 1. The summed E-state index contributed by atoms with van der Waals surface area (Å²) in [5, 5.41) is 19.8. The zero-order valence-corrected chi connectivity index (χ0v) is 32.3. The van der Waals surface area contributed by atoms with Crippen LogP contribution in [0.5, 0.6) is 0 Å². The van der Waals surface area contributed by atoms with Gasteiger partial charge < -0.3 is 9.47 Å². The topological polar surface area (TPSA) is 90.0 Å². The zero-order valence-electron chi connectivity index (χ0n) is 31.5. The molecule has 11 aromatic rings. The summed E-state index contributed by atoms with van der Waals surface area (Å²) >= 11 is 0. The van der Waals surface area contributed by atoms with Gasteiger partial charge in [0.25, 0.3) is 10.0 Å². The van der Waals surface area contributed by atoms with E-state index in [1.165, 1.54) is 99.7 Å². The van der Waals surface area contributed by atoms with Crippen molar-refractivity contribution in [2.24, 2.45) is 0 Å². The average molecular weight is 772 g/mol. The number of ether oxygens (including phenoxy) is 2. The van der Waals surface area contributed by atoms with Gasteiger partial charge in [0.05, 0.1) is 30.8 Å². The molecule has 0 bridgehead atoms. The third-order valence-corrected chi connectivity index (χ3v) is 16.9. The Morgan fingerprint density at radius 3 is 1.64 bits per heavy atom. The lowest BCUT2D eigenvalue weighted by molar-refractivity contribution is -0.164. The van der Waals surface area contributed by atoms with Crippen molar-refractivity contribution in [2.45, 2.75) is 42.0 Å². The summed E-state index contributed by atoms with van der Waals surface area (Å²) in [7, 11) is -1.74. The molecule has 0 radical (unpaired) electrons. The predicted molar refractivity (Wildman–Crippen MR) is 227 cm³/mol. The van der Waals surface area contributed by atoms with Crippen molar-refractivity contribution in [1.82, 2.24) is 0 Å². The highest BCUT2D eigenvalue weighted by molar-refractivity contribution is 7.92. The van der Waals surface area contributed by atoms with E-state index in [-0.39, 0.29) is 16.1 Å². The molecule has 0 spiro atoms. The van der Waals surface area contributed by atoms with Gasteiger partial charge in [-0.25, -0.2) is 8.42 Å². The van der Waals surface area contributed by atoms with E-state index in [2.05, 4.69) is 36.4 Å². The number of hydrogen-bond acceptors (Lipinski definition) is 6. The van der Waals surface area contributed by atoms with Gasteiger partial charge in [-0.15, -0.1) is 0 Å². The van der Waals surface area contributed by atoms with E-state index in [0.29, 0.717) is 12.8 Å². The molecule has 0 N–H and O–H groups in total. The highest BCUT2D eigenvalue weighted by Gasteiger charge is 2.67. The lowest BCUT2D eigenvalue weighted by Crippen LogP contribution is -2.59. The molecule has 4 aliphatic rings. The summed E-state index contributed by atoms with van der Waals surface area (Å²) in [6.07, 6.45) is 1.38. The third-order valence-electron chi connectivity index (χ3n) is 15.1. The number of esters is 2. The van der Waals surface area contributed by atoms with Crippen LogP contribution < -0.4 is 4.31 Å². The normalized spacial score (nSPS) is 18.8. The predicted octanol–water partition coefficient (Wildman–Crippen LogP) is 9.85. The second-order valence-electron chi connectivity index (χ2n) is 17.3. The summed E-state index contributed by atoms with van der Waals surface area (Å²) in [4.78, 5) is 30.1. The van der Waals surface area contributed by atoms with Crippen molar-refractivity contribution >= 4 is 114 Å². The zero-order chi connectivity index (χ0) is 38.6. The van der Waals surface area contributed by atoms with E-state index in [1.54, 1.807) is 48.5 Å². The van der Waals surface area contributed by atoms with Crippen molar-refractivity contribution in [3.05, 3.63) is 129 Å². The highest BCUT2D eigenvalue weighted by atomic mass is 32.2. The summed E-state index contributed by atoms with van der Waals surface area (Å²) in [6, 6.07) is 26.6. The molecule has 8 heteroatoms. The van der Waals surface area contributed by atoms with Crippen molar-refractivity contribution in [3.63, 3.8) is 0 Å². The number of methoxy groups -OCH3 is 2. The number of rotatable bonds is 4.